The summed E-state index contributed by atoms with van der Waals surface area (Å²) >= 11 is 5.78. The lowest BCUT2D eigenvalue weighted by Gasteiger charge is -2.08. The first-order chi connectivity index (χ1) is 9.10. The molecular weight excluding hydrogens is 264 g/mol. The number of hydrogen-bond acceptors (Lipinski definition) is 3. The van der Waals surface area contributed by atoms with Crippen molar-refractivity contribution in [3.05, 3.63) is 53.1 Å². The van der Waals surface area contributed by atoms with Crippen LogP contribution in [0, 0.1) is 0 Å². The van der Waals surface area contributed by atoms with Gasteiger partial charge in [0.1, 0.15) is 5.75 Å². The lowest BCUT2D eigenvalue weighted by molar-refractivity contribution is 0.102. The first-order valence-electron chi connectivity index (χ1n) is 5.60. The molecule has 0 aromatic heterocycles. The largest absolute Gasteiger partial charge is 0.495 e. The van der Waals surface area contributed by atoms with Gasteiger partial charge in [-0.3, -0.25) is 4.79 Å². The van der Waals surface area contributed by atoms with Gasteiger partial charge < -0.3 is 15.8 Å². The summed E-state index contributed by atoms with van der Waals surface area (Å²) in [6, 6.07) is 11.8. The van der Waals surface area contributed by atoms with Crippen LogP contribution in [0.2, 0.25) is 5.02 Å². The maximum absolute atomic E-state index is 12.0. The number of rotatable bonds is 3. The Morgan fingerprint density at radius 1 is 1.21 bits per heavy atom. The van der Waals surface area contributed by atoms with E-state index in [0.29, 0.717) is 27.7 Å². The van der Waals surface area contributed by atoms with Crippen LogP contribution < -0.4 is 15.8 Å². The highest BCUT2D eigenvalue weighted by Crippen LogP contribution is 2.22. The number of nitrogens with one attached hydrogen (secondary N) is 1. The third-order valence-electron chi connectivity index (χ3n) is 2.59. The van der Waals surface area contributed by atoms with Crippen molar-refractivity contribution in [3.8, 4) is 5.75 Å². The molecule has 0 bridgehead atoms. The fraction of sp³-hybridized carbons (Fsp3) is 0.0714. The second kappa shape index (κ2) is 5.63. The lowest BCUT2D eigenvalue weighted by atomic mass is 10.1. The van der Waals surface area contributed by atoms with Crippen molar-refractivity contribution in [2.45, 2.75) is 0 Å². The Hall–Kier alpha value is -2.20. The van der Waals surface area contributed by atoms with Crippen LogP contribution in [0.15, 0.2) is 42.5 Å². The molecule has 0 aliphatic rings. The minimum atomic E-state index is -0.239. The number of benzene rings is 2. The van der Waals surface area contributed by atoms with Crippen molar-refractivity contribution in [2.75, 3.05) is 18.2 Å². The molecule has 0 atom stereocenters. The molecule has 0 saturated carbocycles. The van der Waals surface area contributed by atoms with Gasteiger partial charge in [-0.2, -0.15) is 0 Å². The van der Waals surface area contributed by atoms with Gasteiger partial charge in [-0.15, -0.1) is 0 Å². The standard InChI is InChI=1S/C14H13ClN2O2/c1-19-13-7-2-9(8-12(13)16)14(18)17-11-5-3-10(15)4-6-11/h2-8H,16H2,1H3,(H,17,18). The highest BCUT2D eigenvalue weighted by atomic mass is 35.5. The topological polar surface area (TPSA) is 64.3 Å². The molecule has 2 aromatic rings. The molecule has 0 aliphatic carbocycles. The number of hydrogen-bond donors (Lipinski definition) is 2. The average molecular weight is 277 g/mol. The molecule has 2 rings (SSSR count). The quantitative estimate of drug-likeness (QED) is 0.846. The van der Waals surface area contributed by atoms with Crippen molar-refractivity contribution in [1.29, 1.82) is 0 Å². The fourth-order valence-corrected chi connectivity index (χ4v) is 1.74. The number of nitrogens with two attached hydrogens (primary N) is 1. The van der Waals surface area contributed by atoms with Crippen LogP contribution in [-0.4, -0.2) is 13.0 Å². The van der Waals surface area contributed by atoms with E-state index in [1.54, 1.807) is 42.5 Å². The van der Waals surface area contributed by atoms with E-state index in [-0.39, 0.29) is 5.91 Å². The Morgan fingerprint density at radius 3 is 2.47 bits per heavy atom. The zero-order valence-corrected chi connectivity index (χ0v) is 11.1. The molecule has 1 amide bonds. The van der Waals surface area contributed by atoms with Gasteiger partial charge in [0.05, 0.1) is 12.8 Å². The molecule has 0 radical (unpaired) electrons. The molecule has 0 aliphatic heterocycles. The van der Waals surface area contributed by atoms with Crippen LogP contribution in [0.1, 0.15) is 10.4 Å². The molecule has 0 spiro atoms. The third-order valence-corrected chi connectivity index (χ3v) is 2.85. The summed E-state index contributed by atoms with van der Waals surface area (Å²) in [5.41, 5.74) is 7.32. The molecule has 3 N–H and O–H groups in total. The molecular formula is C14H13ClN2O2. The number of carbonyl (C=O) groups is 1. The molecule has 98 valence electrons. The lowest BCUT2D eigenvalue weighted by Crippen LogP contribution is -2.12. The first kappa shape index (κ1) is 13.2. The summed E-state index contributed by atoms with van der Waals surface area (Å²) in [4.78, 5) is 12.0. The first-order valence-corrected chi connectivity index (χ1v) is 5.98. The second-order valence-corrected chi connectivity index (χ2v) is 4.35. The molecule has 5 heteroatoms. The van der Waals surface area contributed by atoms with Gasteiger partial charge in [-0.05, 0) is 42.5 Å². The Bertz CT molecular complexity index is 597. The summed E-state index contributed by atoms with van der Waals surface area (Å²) in [7, 11) is 1.53. The number of halogens is 1. The summed E-state index contributed by atoms with van der Waals surface area (Å²) in [5.74, 6) is 0.305. The van der Waals surface area contributed by atoms with Gasteiger partial charge in [0, 0.05) is 16.3 Å². The average Bonchev–Trinajstić information content (AvgIpc) is 2.41. The highest BCUT2D eigenvalue weighted by molar-refractivity contribution is 6.30. The molecule has 0 fully saturated rings. The van der Waals surface area contributed by atoms with Gasteiger partial charge in [0.25, 0.3) is 5.91 Å². The van der Waals surface area contributed by atoms with E-state index in [0.717, 1.165) is 0 Å². The van der Waals surface area contributed by atoms with Crippen molar-refractivity contribution in [2.24, 2.45) is 0 Å². The van der Waals surface area contributed by atoms with Crippen LogP contribution in [0.4, 0.5) is 11.4 Å². The fourth-order valence-electron chi connectivity index (χ4n) is 1.61. The Morgan fingerprint density at radius 2 is 1.89 bits per heavy atom. The van der Waals surface area contributed by atoms with Gasteiger partial charge >= 0.3 is 0 Å². The van der Waals surface area contributed by atoms with E-state index in [9.17, 15) is 4.79 Å². The van der Waals surface area contributed by atoms with E-state index in [2.05, 4.69) is 5.32 Å². The monoisotopic (exact) mass is 276 g/mol. The maximum Gasteiger partial charge on any atom is 0.255 e. The van der Waals surface area contributed by atoms with Crippen molar-refractivity contribution in [1.82, 2.24) is 0 Å². The van der Waals surface area contributed by atoms with E-state index >= 15 is 0 Å². The smallest absolute Gasteiger partial charge is 0.255 e. The minimum absolute atomic E-state index is 0.239. The van der Waals surface area contributed by atoms with Crippen molar-refractivity contribution < 1.29 is 9.53 Å². The summed E-state index contributed by atoms with van der Waals surface area (Å²) < 4.78 is 5.04. The number of anilines is 2. The summed E-state index contributed by atoms with van der Waals surface area (Å²) in [6.45, 7) is 0. The van der Waals surface area contributed by atoms with Crippen molar-refractivity contribution >= 4 is 28.9 Å². The Balaban J connectivity index is 2.16. The van der Waals surface area contributed by atoms with Gasteiger partial charge in [0.2, 0.25) is 0 Å². The van der Waals surface area contributed by atoms with Gasteiger partial charge in [-0.25, -0.2) is 0 Å². The van der Waals surface area contributed by atoms with E-state index in [4.69, 9.17) is 22.1 Å². The molecule has 0 heterocycles. The van der Waals surface area contributed by atoms with E-state index in [1.165, 1.54) is 7.11 Å². The van der Waals surface area contributed by atoms with Crippen LogP contribution in [0.3, 0.4) is 0 Å². The number of amides is 1. The predicted molar refractivity (Wildman–Crippen MR) is 76.8 cm³/mol. The minimum Gasteiger partial charge on any atom is -0.495 e. The molecule has 2 aromatic carbocycles. The van der Waals surface area contributed by atoms with Crippen LogP contribution >= 0.6 is 11.6 Å². The third kappa shape index (κ3) is 3.17. The zero-order chi connectivity index (χ0) is 13.8. The Labute approximate surface area is 116 Å². The van der Waals surface area contributed by atoms with Crippen LogP contribution in [0.25, 0.3) is 0 Å². The molecule has 4 nitrogen and oxygen atoms in total. The number of ether oxygens (including phenoxy) is 1. The van der Waals surface area contributed by atoms with Crippen LogP contribution in [0.5, 0.6) is 5.75 Å². The summed E-state index contributed by atoms with van der Waals surface area (Å²) in [6.07, 6.45) is 0. The summed E-state index contributed by atoms with van der Waals surface area (Å²) in [5, 5.41) is 3.37. The molecule has 0 saturated heterocycles. The predicted octanol–water partition coefficient (Wildman–Crippen LogP) is 3.18. The van der Waals surface area contributed by atoms with Crippen molar-refractivity contribution in [3.63, 3.8) is 0 Å². The highest BCUT2D eigenvalue weighted by Gasteiger charge is 2.08. The van der Waals surface area contributed by atoms with Gasteiger partial charge in [0.15, 0.2) is 0 Å². The second-order valence-electron chi connectivity index (χ2n) is 3.92. The Kier molecular flexibility index (Phi) is 3.92. The number of carbonyl (C=O) groups excluding carboxylic acids is 1. The van der Waals surface area contributed by atoms with Crippen LogP contribution in [-0.2, 0) is 0 Å². The molecule has 19 heavy (non-hydrogen) atoms. The number of nitrogen functional groups attached to an aromatic ring is 1. The van der Waals surface area contributed by atoms with Gasteiger partial charge in [-0.1, -0.05) is 11.6 Å². The number of methoxy groups -OCH3 is 1. The molecule has 0 unspecified atom stereocenters. The van der Waals surface area contributed by atoms with E-state index in [1.807, 2.05) is 0 Å². The maximum atomic E-state index is 12.0. The zero-order valence-electron chi connectivity index (χ0n) is 10.3. The van der Waals surface area contributed by atoms with E-state index < -0.39 is 0 Å². The normalized spacial score (nSPS) is 10.0. The SMILES string of the molecule is COc1ccc(C(=O)Nc2ccc(Cl)cc2)cc1N.